The number of nitrogens with one attached hydrogen (secondary N) is 1. The topological polar surface area (TPSA) is 41.6 Å². The molecular formula is C9H17N3. The fourth-order valence-electron chi connectivity index (χ4n) is 1.15. The average molecular weight is 167 g/mol. The normalized spacial score (nSPS) is 11.0. The zero-order valence-corrected chi connectivity index (χ0v) is 8.09. The second-order valence-electron chi connectivity index (χ2n) is 3.55. The monoisotopic (exact) mass is 167 g/mol. The highest BCUT2D eigenvalue weighted by Crippen LogP contribution is 2.03. The summed E-state index contributed by atoms with van der Waals surface area (Å²) in [5, 5.41) is 7.08. The van der Waals surface area contributed by atoms with E-state index in [0.29, 0.717) is 5.92 Å². The fraction of sp³-hybridized carbons (Fsp3) is 0.778. The van der Waals surface area contributed by atoms with E-state index < -0.39 is 0 Å². The molecule has 0 spiro atoms. The van der Waals surface area contributed by atoms with Gasteiger partial charge in [-0.1, -0.05) is 20.8 Å². The lowest BCUT2D eigenvalue weighted by Crippen LogP contribution is -1.96. The van der Waals surface area contributed by atoms with E-state index in [0.717, 1.165) is 30.9 Å². The van der Waals surface area contributed by atoms with Gasteiger partial charge >= 0.3 is 0 Å². The summed E-state index contributed by atoms with van der Waals surface area (Å²) in [6.45, 7) is 6.50. The Labute approximate surface area is 73.6 Å². The van der Waals surface area contributed by atoms with Gasteiger partial charge < -0.3 is 0 Å². The smallest absolute Gasteiger partial charge is 0.150 e. The Kier molecular flexibility index (Phi) is 3.26. The van der Waals surface area contributed by atoms with Crippen molar-refractivity contribution in [2.24, 2.45) is 5.92 Å². The summed E-state index contributed by atoms with van der Waals surface area (Å²) in [6.07, 6.45) is 3.09. The van der Waals surface area contributed by atoms with Crippen LogP contribution in [0, 0.1) is 5.92 Å². The Morgan fingerprint density at radius 3 is 2.75 bits per heavy atom. The van der Waals surface area contributed by atoms with Gasteiger partial charge in [-0.15, -0.1) is 0 Å². The van der Waals surface area contributed by atoms with Gasteiger partial charge in [-0.2, -0.15) is 5.10 Å². The third-order valence-corrected chi connectivity index (χ3v) is 1.65. The van der Waals surface area contributed by atoms with Crippen LogP contribution in [0.4, 0.5) is 0 Å². The summed E-state index contributed by atoms with van der Waals surface area (Å²) in [5.74, 6) is 2.62. The van der Waals surface area contributed by atoms with Crippen molar-refractivity contribution in [1.29, 1.82) is 0 Å². The molecule has 0 atom stereocenters. The molecule has 1 aromatic rings. The first-order valence-electron chi connectivity index (χ1n) is 4.62. The number of hydrogen-bond acceptors (Lipinski definition) is 2. The summed E-state index contributed by atoms with van der Waals surface area (Å²) in [4.78, 5) is 4.37. The molecule has 0 saturated heterocycles. The first-order chi connectivity index (χ1) is 5.72. The first kappa shape index (κ1) is 9.23. The zero-order chi connectivity index (χ0) is 8.97. The van der Waals surface area contributed by atoms with E-state index in [1.165, 1.54) is 0 Å². The molecular weight excluding hydrogens is 150 g/mol. The van der Waals surface area contributed by atoms with Crippen LogP contribution in [0.25, 0.3) is 0 Å². The van der Waals surface area contributed by atoms with E-state index >= 15 is 0 Å². The largest absolute Gasteiger partial charge is 0.263 e. The Bertz CT molecular complexity index is 227. The van der Waals surface area contributed by atoms with Crippen LogP contribution in [0.2, 0.25) is 0 Å². The lowest BCUT2D eigenvalue weighted by atomic mass is 10.1. The van der Waals surface area contributed by atoms with Crippen LogP contribution in [0.15, 0.2) is 0 Å². The Balaban J connectivity index is 2.52. The summed E-state index contributed by atoms with van der Waals surface area (Å²) in [6, 6.07) is 0. The highest BCUT2D eigenvalue weighted by molar-refractivity contribution is 4.90. The predicted octanol–water partition coefficient (Wildman–Crippen LogP) is 1.96. The Hall–Kier alpha value is -0.860. The number of nitrogens with zero attached hydrogens (tertiary/aromatic N) is 2. The van der Waals surface area contributed by atoms with E-state index in [1.54, 1.807) is 0 Å². The molecule has 68 valence electrons. The SMILES string of the molecule is CCCc1n[nH]c(CC(C)C)n1. The Morgan fingerprint density at radius 1 is 1.42 bits per heavy atom. The number of aryl methyl sites for hydroxylation is 1. The third kappa shape index (κ3) is 2.64. The highest BCUT2D eigenvalue weighted by atomic mass is 15.2. The molecule has 12 heavy (non-hydrogen) atoms. The van der Waals surface area contributed by atoms with Crippen LogP contribution in [-0.2, 0) is 12.8 Å². The minimum Gasteiger partial charge on any atom is -0.263 e. The van der Waals surface area contributed by atoms with Gasteiger partial charge in [0.1, 0.15) is 5.82 Å². The molecule has 1 N–H and O–H groups in total. The maximum absolute atomic E-state index is 4.37. The summed E-state index contributed by atoms with van der Waals surface area (Å²) in [7, 11) is 0. The summed E-state index contributed by atoms with van der Waals surface area (Å²) >= 11 is 0. The van der Waals surface area contributed by atoms with E-state index in [1.807, 2.05) is 0 Å². The predicted molar refractivity (Wildman–Crippen MR) is 48.9 cm³/mol. The molecule has 0 aliphatic heterocycles. The molecule has 1 aromatic heterocycles. The number of aromatic nitrogens is 3. The molecule has 0 radical (unpaired) electrons. The van der Waals surface area contributed by atoms with E-state index in [9.17, 15) is 0 Å². The van der Waals surface area contributed by atoms with Crippen molar-refractivity contribution < 1.29 is 0 Å². The van der Waals surface area contributed by atoms with E-state index in [2.05, 4.69) is 36.0 Å². The van der Waals surface area contributed by atoms with Gasteiger partial charge in [0.15, 0.2) is 5.82 Å². The number of rotatable bonds is 4. The van der Waals surface area contributed by atoms with Crippen molar-refractivity contribution in [3.63, 3.8) is 0 Å². The molecule has 3 nitrogen and oxygen atoms in total. The molecule has 0 fully saturated rings. The second kappa shape index (κ2) is 4.24. The van der Waals surface area contributed by atoms with Gasteiger partial charge in [0, 0.05) is 12.8 Å². The number of aromatic amines is 1. The van der Waals surface area contributed by atoms with Gasteiger partial charge in [-0.25, -0.2) is 4.98 Å². The number of hydrogen-bond donors (Lipinski definition) is 1. The molecule has 1 heterocycles. The zero-order valence-electron chi connectivity index (χ0n) is 8.09. The lowest BCUT2D eigenvalue weighted by molar-refractivity contribution is 0.622. The van der Waals surface area contributed by atoms with Crippen LogP contribution in [-0.4, -0.2) is 15.2 Å². The molecule has 0 bridgehead atoms. The maximum Gasteiger partial charge on any atom is 0.150 e. The number of H-pyrrole nitrogens is 1. The van der Waals surface area contributed by atoms with Crippen molar-refractivity contribution in [2.75, 3.05) is 0 Å². The van der Waals surface area contributed by atoms with Crippen LogP contribution < -0.4 is 0 Å². The van der Waals surface area contributed by atoms with Crippen molar-refractivity contribution >= 4 is 0 Å². The van der Waals surface area contributed by atoms with Crippen LogP contribution in [0.3, 0.4) is 0 Å². The van der Waals surface area contributed by atoms with Crippen LogP contribution in [0.1, 0.15) is 38.8 Å². The van der Waals surface area contributed by atoms with Crippen LogP contribution >= 0.6 is 0 Å². The van der Waals surface area contributed by atoms with Gasteiger partial charge in [-0.3, -0.25) is 5.10 Å². The first-order valence-corrected chi connectivity index (χ1v) is 4.62. The average Bonchev–Trinajstić information content (AvgIpc) is 2.36. The molecule has 1 rings (SSSR count). The molecule has 0 saturated carbocycles. The highest BCUT2D eigenvalue weighted by Gasteiger charge is 2.03. The third-order valence-electron chi connectivity index (χ3n) is 1.65. The minimum atomic E-state index is 0.646. The van der Waals surface area contributed by atoms with E-state index in [-0.39, 0.29) is 0 Å². The molecule has 0 aromatic carbocycles. The van der Waals surface area contributed by atoms with Gasteiger partial charge in [0.25, 0.3) is 0 Å². The van der Waals surface area contributed by atoms with E-state index in [4.69, 9.17) is 0 Å². The summed E-state index contributed by atoms with van der Waals surface area (Å²) in [5.41, 5.74) is 0. The van der Waals surface area contributed by atoms with Crippen molar-refractivity contribution in [3.05, 3.63) is 11.6 Å². The quantitative estimate of drug-likeness (QED) is 0.744. The van der Waals surface area contributed by atoms with Gasteiger partial charge in [-0.05, 0) is 12.3 Å². The molecule has 3 heteroatoms. The van der Waals surface area contributed by atoms with Gasteiger partial charge in [0.05, 0.1) is 0 Å². The van der Waals surface area contributed by atoms with Crippen molar-refractivity contribution in [1.82, 2.24) is 15.2 Å². The maximum atomic E-state index is 4.37. The summed E-state index contributed by atoms with van der Waals surface area (Å²) < 4.78 is 0. The standard InChI is InChI=1S/C9H17N3/c1-4-5-8-10-9(12-11-8)6-7(2)3/h7H,4-6H2,1-3H3,(H,10,11,12). The fourth-order valence-corrected chi connectivity index (χ4v) is 1.15. The second-order valence-corrected chi connectivity index (χ2v) is 3.55. The van der Waals surface area contributed by atoms with Crippen molar-refractivity contribution in [3.8, 4) is 0 Å². The molecule has 0 unspecified atom stereocenters. The molecule has 0 aliphatic rings. The van der Waals surface area contributed by atoms with Crippen LogP contribution in [0.5, 0.6) is 0 Å². The lowest BCUT2D eigenvalue weighted by Gasteiger charge is -1.97. The Morgan fingerprint density at radius 2 is 2.17 bits per heavy atom. The molecule has 0 aliphatic carbocycles. The molecule has 0 amide bonds. The minimum absolute atomic E-state index is 0.646. The van der Waals surface area contributed by atoms with Crippen molar-refractivity contribution in [2.45, 2.75) is 40.0 Å². The van der Waals surface area contributed by atoms with Gasteiger partial charge in [0.2, 0.25) is 0 Å².